The van der Waals surface area contributed by atoms with Gasteiger partial charge in [0.1, 0.15) is 0 Å². The maximum atomic E-state index is 12.5. The van der Waals surface area contributed by atoms with Crippen molar-refractivity contribution in [2.75, 3.05) is 6.54 Å². The summed E-state index contributed by atoms with van der Waals surface area (Å²) in [6, 6.07) is 1.74. The summed E-state index contributed by atoms with van der Waals surface area (Å²) in [5.74, 6) is 0. The third-order valence-electron chi connectivity index (χ3n) is 2.89. The maximum Gasteiger partial charge on any atom is 0.417 e. The molecule has 0 aromatic carbocycles. The van der Waals surface area contributed by atoms with Crippen molar-refractivity contribution in [3.63, 3.8) is 0 Å². The molecule has 0 radical (unpaired) electrons. The fraction of sp³-hybridized carbons (Fsp3) is 0.583. The molecule has 0 saturated heterocycles. The van der Waals surface area contributed by atoms with Gasteiger partial charge in [-0.1, -0.05) is 13.8 Å². The molecule has 1 rings (SSSR count). The summed E-state index contributed by atoms with van der Waals surface area (Å²) in [6.07, 6.45) is -3.03. The Morgan fingerprint density at radius 1 is 1.28 bits per heavy atom. The molecule has 0 aliphatic rings. The summed E-state index contributed by atoms with van der Waals surface area (Å²) in [4.78, 5) is 11.5. The average Bonchev–Trinajstić information content (AvgIpc) is 2.26. The molecule has 1 aromatic rings. The Morgan fingerprint density at radius 2 is 1.89 bits per heavy atom. The number of aromatic nitrogens is 1. The van der Waals surface area contributed by atoms with Gasteiger partial charge < -0.3 is 10.3 Å². The molecule has 3 nitrogen and oxygen atoms in total. The van der Waals surface area contributed by atoms with Gasteiger partial charge in [-0.25, -0.2) is 0 Å². The van der Waals surface area contributed by atoms with Crippen molar-refractivity contribution in [3.05, 3.63) is 34.2 Å². The molecule has 1 aromatic heterocycles. The number of rotatable bonds is 4. The SMILES string of the molecule is CC(C)(CN)CCn1cc(C(F)(F)F)ccc1=O. The number of halogens is 3. The number of nitrogens with two attached hydrogens (primary N) is 1. The van der Waals surface area contributed by atoms with Crippen molar-refractivity contribution in [1.29, 1.82) is 0 Å². The van der Waals surface area contributed by atoms with E-state index in [1.165, 1.54) is 0 Å². The van der Waals surface area contributed by atoms with Crippen LogP contribution in [0.1, 0.15) is 25.8 Å². The van der Waals surface area contributed by atoms with E-state index in [4.69, 9.17) is 5.73 Å². The van der Waals surface area contributed by atoms with Crippen molar-refractivity contribution in [2.24, 2.45) is 11.1 Å². The minimum atomic E-state index is -4.43. The van der Waals surface area contributed by atoms with Gasteiger partial charge in [0.25, 0.3) is 5.56 Å². The van der Waals surface area contributed by atoms with Crippen molar-refractivity contribution >= 4 is 0 Å². The van der Waals surface area contributed by atoms with Crippen LogP contribution in [0, 0.1) is 5.41 Å². The van der Waals surface area contributed by atoms with Crippen molar-refractivity contribution < 1.29 is 13.2 Å². The predicted octanol–water partition coefficient (Wildman–Crippen LogP) is 2.24. The Bertz CT molecular complexity index is 463. The van der Waals surface area contributed by atoms with Crippen LogP contribution >= 0.6 is 0 Å². The summed E-state index contributed by atoms with van der Waals surface area (Å²) >= 11 is 0. The summed E-state index contributed by atoms with van der Waals surface area (Å²) in [5.41, 5.74) is 4.09. The number of nitrogens with zero attached hydrogens (tertiary/aromatic N) is 1. The fourth-order valence-electron chi connectivity index (χ4n) is 1.40. The Kier molecular flexibility index (Phi) is 4.21. The first-order chi connectivity index (χ1) is 8.15. The van der Waals surface area contributed by atoms with Gasteiger partial charge in [0.05, 0.1) is 5.56 Å². The van der Waals surface area contributed by atoms with Gasteiger partial charge in [0, 0.05) is 18.8 Å². The lowest BCUT2D eigenvalue weighted by molar-refractivity contribution is -0.138. The summed E-state index contributed by atoms with van der Waals surface area (Å²) in [5, 5.41) is 0. The third-order valence-corrected chi connectivity index (χ3v) is 2.89. The van der Waals surface area contributed by atoms with Gasteiger partial charge in [-0.05, 0) is 24.4 Å². The monoisotopic (exact) mass is 262 g/mol. The van der Waals surface area contributed by atoms with Crippen LogP contribution in [-0.4, -0.2) is 11.1 Å². The topological polar surface area (TPSA) is 48.0 Å². The highest BCUT2D eigenvalue weighted by atomic mass is 19.4. The highest BCUT2D eigenvalue weighted by molar-refractivity contribution is 5.13. The van der Waals surface area contributed by atoms with E-state index in [0.717, 1.165) is 22.9 Å². The zero-order valence-corrected chi connectivity index (χ0v) is 10.4. The quantitative estimate of drug-likeness (QED) is 0.904. The molecular weight excluding hydrogens is 245 g/mol. The highest BCUT2D eigenvalue weighted by Gasteiger charge is 2.31. The molecule has 0 amide bonds. The summed E-state index contributed by atoms with van der Waals surface area (Å²) in [7, 11) is 0. The van der Waals surface area contributed by atoms with E-state index in [2.05, 4.69) is 0 Å². The van der Waals surface area contributed by atoms with Crippen LogP contribution in [0.25, 0.3) is 0 Å². The number of hydrogen-bond acceptors (Lipinski definition) is 2. The highest BCUT2D eigenvalue weighted by Crippen LogP contribution is 2.28. The molecule has 0 atom stereocenters. The first kappa shape index (κ1) is 14.8. The van der Waals surface area contributed by atoms with E-state index in [1.807, 2.05) is 13.8 Å². The lowest BCUT2D eigenvalue weighted by atomic mass is 9.89. The first-order valence-electron chi connectivity index (χ1n) is 5.63. The fourth-order valence-corrected chi connectivity index (χ4v) is 1.40. The van der Waals surface area contributed by atoms with E-state index in [1.54, 1.807) is 0 Å². The first-order valence-corrected chi connectivity index (χ1v) is 5.63. The molecule has 0 fully saturated rings. The Morgan fingerprint density at radius 3 is 2.39 bits per heavy atom. The molecule has 0 unspecified atom stereocenters. The lowest BCUT2D eigenvalue weighted by Crippen LogP contribution is -2.28. The second-order valence-electron chi connectivity index (χ2n) is 5.07. The molecule has 0 aliphatic carbocycles. The molecular formula is C12H17F3N2O. The molecule has 1 heterocycles. The third kappa shape index (κ3) is 3.87. The van der Waals surface area contributed by atoms with Gasteiger partial charge in [0.15, 0.2) is 0 Å². The molecule has 0 spiro atoms. The van der Waals surface area contributed by atoms with Gasteiger partial charge >= 0.3 is 6.18 Å². The zero-order valence-electron chi connectivity index (χ0n) is 10.4. The molecule has 6 heteroatoms. The Hall–Kier alpha value is -1.30. The number of hydrogen-bond donors (Lipinski definition) is 1. The van der Waals surface area contributed by atoms with E-state index >= 15 is 0 Å². The molecule has 102 valence electrons. The predicted molar refractivity (Wildman–Crippen MR) is 63.2 cm³/mol. The van der Waals surface area contributed by atoms with Gasteiger partial charge in [-0.2, -0.15) is 13.2 Å². The minimum absolute atomic E-state index is 0.201. The summed E-state index contributed by atoms with van der Waals surface area (Å²) < 4.78 is 38.6. The van der Waals surface area contributed by atoms with E-state index in [-0.39, 0.29) is 12.0 Å². The summed E-state index contributed by atoms with van der Waals surface area (Å²) in [6.45, 7) is 4.46. The van der Waals surface area contributed by atoms with Crippen molar-refractivity contribution in [2.45, 2.75) is 33.0 Å². The molecule has 18 heavy (non-hydrogen) atoms. The van der Waals surface area contributed by atoms with Crippen LogP contribution in [0.2, 0.25) is 0 Å². The minimum Gasteiger partial charge on any atom is -0.330 e. The molecule has 0 aliphatic heterocycles. The van der Waals surface area contributed by atoms with Crippen molar-refractivity contribution in [1.82, 2.24) is 4.57 Å². The van der Waals surface area contributed by atoms with E-state index < -0.39 is 17.3 Å². The molecule has 0 saturated carbocycles. The van der Waals surface area contributed by atoms with Crippen LogP contribution in [0.5, 0.6) is 0 Å². The van der Waals surface area contributed by atoms with Crippen LogP contribution in [0.4, 0.5) is 13.2 Å². The normalized spacial score (nSPS) is 12.8. The largest absolute Gasteiger partial charge is 0.417 e. The van der Waals surface area contributed by atoms with Crippen LogP contribution in [0.3, 0.4) is 0 Å². The Balaban J connectivity index is 2.93. The van der Waals surface area contributed by atoms with E-state index in [0.29, 0.717) is 13.0 Å². The van der Waals surface area contributed by atoms with Crippen molar-refractivity contribution in [3.8, 4) is 0 Å². The van der Waals surface area contributed by atoms with Crippen LogP contribution in [0.15, 0.2) is 23.1 Å². The Labute approximate surface area is 103 Å². The smallest absolute Gasteiger partial charge is 0.330 e. The second-order valence-corrected chi connectivity index (χ2v) is 5.07. The standard InChI is InChI=1S/C12H17F3N2O/c1-11(2,8-16)5-6-17-7-9(12(13,14)15)3-4-10(17)18/h3-4,7H,5-6,8,16H2,1-2H3. The zero-order chi connectivity index (χ0) is 14.0. The van der Waals surface area contributed by atoms with Crippen LogP contribution < -0.4 is 11.3 Å². The average molecular weight is 262 g/mol. The lowest BCUT2D eigenvalue weighted by Gasteiger charge is -2.22. The van der Waals surface area contributed by atoms with Gasteiger partial charge in [-0.15, -0.1) is 0 Å². The van der Waals surface area contributed by atoms with Crippen LogP contribution in [-0.2, 0) is 12.7 Å². The number of alkyl halides is 3. The van der Waals surface area contributed by atoms with E-state index in [9.17, 15) is 18.0 Å². The maximum absolute atomic E-state index is 12.5. The molecule has 2 N–H and O–H groups in total. The number of aryl methyl sites for hydroxylation is 1. The number of pyridine rings is 1. The van der Waals surface area contributed by atoms with Gasteiger partial charge in [0.2, 0.25) is 0 Å². The van der Waals surface area contributed by atoms with Gasteiger partial charge in [-0.3, -0.25) is 4.79 Å². The molecule has 0 bridgehead atoms. The second kappa shape index (κ2) is 5.14.